The minimum Gasteiger partial charge on any atom is -0.404 e. The van der Waals surface area contributed by atoms with E-state index in [0.29, 0.717) is 6.54 Å². The number of alkyl halides is 3. The Morgan fingerprint density at radius 3 is 2.61 bits per heavy atom. The Bertz CT molecular complexity index is 485. The maximum atomic E-state index is 11.4. The molecule has 0 atom stereocenters. The molecular formula is C11H8Cl3CrNO2. The number of esters is 1. The molecule has 1 heterocycles. The van der Waals surface area contributed by atoms with E-state index >= 15 is 0 Å². The van der Waals surface area contributed by atoms with Gasteiger partial charge in [-0.3, -0.25) is 4.99 Å². The molecular weight excluding hydrogens is 336 g/mol. The minimum atomic E-state index is -2.09. The van der Waals surface area contributed by atoms with Crippen molar-refractivity contribution in [2.75, 3.05) is 6.54 Å². The Balaban J connectivity index is 0.00000162. The molecule has 1 aromatic rings. The Morgan fingerprint density at radius 2 is 1.94 bits per heavy atom. The average Bonchev–Trinajstić information content (AvgIpc) is 2.28. The van der Waals surface area contributed by atoms with Crippen LogP contribution >= 0.6 is 34.8 Å². The molecule has 2 rings (SSSR count). The molecule has 7 heteroatoms. The maximum Gasteiger partial charge on any atom is 0.365 e. The molecule has 0 unspecified atom stereocenters. The summed E-state index contributed by atoms with van der Waals surface area (Å²) >= 11 is 16.3. The van der Waals surface area contributed by atoms with E-state index in [1.807, 2.05) is 24.3 Å². The first-order chi connectivity index (χ1) is 7.98. The molecule has 3 nitrogen and oxygen atoms in total. The molecule has 18 heavy (non-hydrogen) atoms. The van der Waals surface area contributed by atoms with Gasteiger partial charge in [-0.2, -0.15) is 0 Å². The van der Waals surface area contributed by atoms with E-state index in [0.717, 1.165) is 17.5 Å². The van der Waals surface area contributed by atoms with Crippen LogP contribution in [0.15, 0.2) is 29.3 Å². The largest absolute Gasteiger partial charge is 0.404 e. The van der Waals surface area contributed by atoms with Crippen LogP contribution in [0, 0.1) is 0 Å². The van der Waals surface area contributed by atoms with Crippen LogP contribution < -0.4 is 0 Å². The molecule has 96 valence electrons. The fourth-order valence-electron chi connectivity index (χ4n) is 1.54. The summed E-state index contributed by atoms with van der Waals surface area (Å²) in [5, 5.41) is 0. The number of nitrogens with zero attached hydrogens (tertiary/aromatic N) is 1. The molecule has 0 saturated heterocycles. The van der Waals surface area contributed by atoms with Crippen LogP contribution in [0.3, 0.4) is 0 Å². The Labute approximate surface area is 130 Å². The van der Waals surface area contributed by atoms with Crippen LogP contribution in [-0.2, 0) is 33.3 Å². The molecule has 0 N–H and O–H groups in total. The van der Waals surface area contributed by atoms with E-state index in [4.69, 9.17) is 39.5 Å². The van der Waals surface area contributed by atoms with E-state index < -0.39 is 9.76 Å². The van der Waals surface area contributed by atoms with Crippen LogP contribution in [0.4, 0.5) is 0 Å². The summed E-state index contributed by atoms with van der Waals surface area (Å²) in [6.45, 7) is 0.555. The first kappa shape index (κ1) is 15.8. The molecule has 0 saturated carbocycles. The first-order valence-corrected chi connectivity index (χ1v) is 6.03. The van der Waals surface area contributed by atoms with Gasteiger partial charge in [0.15, 0.2) is 0 Å². The van der Waals surface area contributed by atoms with Gasteiger partial charge in [-0.25, -0.2) is 4.79 Å². The maximum absolute atomic E-state index is 11.4. The Hall–Kier alpha value is -0.238. The summed E-state index contributed by atoms with van der Waals surface area (Å²) in [5.74, 6) is -0.735. The number of carbonyl (C=O) groups is 1. The van der Waals surface area contributed by atoms with E-state index in [2.05, 4.69) is 4.99 Å². The number of halogens is 3. The van der Waals surface area contributed by atoms with Crippen molar-refractivity contribution in [1.82, 2.24) is 0 Å². The van der Waals surface area contributed by atoms with Crippen molar-refractivity contribution in [2.24, 2.45) is 4.99 Å². The number of aliphatic imine (C=N–C) groups is 1. The summed E-state index contributed by atoms with van der Waals surface area (Å²) in [6, 6.07) is 7.52. The van der Waals surface area contributed by atoms with Crippen molar-refractivity contribution < 1.29 is 26.9 Å². The Kier molecular flexibility index (Phi) is 5.51. The van der Waals surface area contributed by atoms with Crippen LogP contribution in [0.5, 0.6) is 0 Å². The van der Waals surface area contributed by atoms with Gasteiger partial charge in [0.1, 0.15) is 0 Å². The van der Waals surface area contributed by atoms with Crippen LogP contribution in [0.2, 0.25) is 0 Å². The van der Waals surface area contributed by atoms with E-state index in [1.54, 1.807) is 0 Å². The van der Waals surface area contributed by atoms with Crippen LogP contribution in [0.25, 0.3) is 0 Å². The zero-order chi connectivity index (χ0) is 12.5. The van der Waals surface area contributed by atoms with Gasteiger partial charge in [-0.1, -0.05) is 53.0 Å². The van der Waals surface area contributed by atoms with Crippen molar-refractivity contribution in [3.05, 3.63) is 35.4 Å². The standard InChI is InChI=1S/C11H8Cl3NO2.Cr/c12-11(13,14)10(16)17-9-8-4-2-1-3-7(8)5-6-15-9;/h1-4H,5-6H2;. The van der Waals surface area contributed by atoms with Crippen LogP contribution in [-0.4, -0.2) is 22.2 Å². The SMILES string of the molecule is O=C(OC1=NCCc2ccccc21)C(Cl)(Cl)Cl.[Cr]. The van der Waals surface area contributed by atoms with E-state index in [-0.39, 0.29) is 23.3 Å². The van der Waals surface area contributed by atoms with E-state index in [9.17, 15) is 4.79 Å². The number of carbonyl (C=O) groups excluding carboxylic acids is 1. The van der Waals surface area contributed by atoms with Crippen molar-refractivity contribution in [2.45, 2.75) is 10.2 Å². The minimum absolute atomic E-state index is 0. The Morgan fingerprint density at radius 1 is 1.28 bits per heavy atom. The third-order valence-corrected chi connectivity index (χ3v) is 2.77. The zero-order valence-corrected chi connectivity index (χ0v) is 12.6. The predicted molar refractivity (Wildman–Crippen MR) is 67.9 cm³/mol. The second-order valence-corrected chi connectivity index (χ2v) is 5.76. The third-order valence-electron chi connectivity index (χ3n) is 2.31. The number of ether oxygens (including phenoxy) is 1. The molecule has 0 amide bonds. The smallest absolute Gasteiger partial charge is 0.365 e. The van der Waals surface area contributed by atoms with Gasteiger partial charge in [-0.15, -0.1) is 0 Å². The molecule has 0 aromatic heterocycles. The predicted octanol–water partition coefficient (Wildman–Crippen LogP) is 2.90. The van der Waals surface area contributed by atoms with E-state index in [1.165, 1.54) is 0 Å². The van der Waals surface area contributed by atoms with Gasteiger partial charge in [0, 0.05) is 29.5 Å². The van der Waals surface area contributed by atoms with Gasteiger partial charge in [-0.05, 0) is 18.1 Å². The molecule has 1 aliphatic heterocycles. The number of fused-ring (bicyclic) bond motifs is 1. The normalized spacial score (nSPS) is 14.1. The molecule has 0 fully saturated rings. The quantitative estimate of drug-likeness (QED) is 0.536. The summed E-state index contributed by atoms with van der Waals surface area (Å²) in [7, 11) is 0. The second-order valence-electron chi connectivity index (χ2n) is 3.48. The number of benzene rings is 1. The topological polar surface area (TPSA) is 38.7 Å². The molecule has 0 radical (unpaired) electrons. The molecule has 0 aliphatic carbocycles. The molecule has 0 spiro atoms. The average molecular weight is 345 g/mol. The van der Waals surface area contributed by atoms with Gasteiger partial charge >= 0.3 is 5.97 Å². The second kappa shape index (κ2) is 6.27. The van der Waals surface area contributed by atoms with Crippen molar-refractivity contribution >= 4 is 46.7 Å². The van der Waals surface area contributed by atoms with Crippen molar-refractivity contribution in [3.63, 3.8) is 0 Å². The van der Waals surface area contributed by atoms with Crippen molar-refractivity contribution in [3.8, 4) is 0 Å². The molecule has 1 aliphatic rings. The number of hydrogen-bond donors (Lipinski definition) is 0. The molecule has 0 bridgehead atoms. The number of hydrogen-bond acceptors (Lipinski definition) is 3. The van der Waals surface area contributed by atoms with Crippen LogP contribution in [0.1, 0.15) is 11.1 Å². The van der Waals surface area contributed by atoms with Gasteiger partial charge < -0.3 is 4.74 Å². The summed E-state index contributed by atoms with van der Waals surface area (Å²) in [6.07, 6.45) is 0.811. The summed E-state index contributed by atoms with van der Waals surface area (Å²) in [4.78, 5) is 15.6. The summed E-state index contributed by atoms with van der Waals surface area (Å²) in [5.41, 5.74) is 1.83. The fraction of sp³-hybridized carbons (Fsp3) is 0.273. The monoisotopic (exact) mass is 343 g/mol. The first-order valence-electron chi connectivity index (χ1n) is 4.90. The van der Waals surface area contributed by atoms with Crippen molar-refractivity contribution in [1.29, 1.82) is 0 Å². The molecule has 1 aromatic carbocycles. The third kappa shape index (κ3) is 3.63. The van der Waals surface area contributed by atoms with Gasteiger partial charge in [0.25, 0.3) is 3.79 Å². The zero-order valence-electron chi connectivity index (χ0n) is 9.03. The summed E-state index contributed by atoms with van der Waals surface area (Å²) < 4.78 is 2.91. The van der Waals surface area contributed by atoms with Gasteiger partial charge in [0.05, 0.1) is 0 Å². The van der Waals surface area contributed by atoms with Gasteiger partial charge in [0.2, 0.25) is 5.90 Å². The number of rotatable bonds is 0. The fourth-order valence-corrected chi connectivity index (χ4v) is 1.66.